The van der Waals surface area contributed by atoms with E-state index in [2.05, 4.69) is 28.2 Å². The van der Waals surface area contributed by atoms with Crippen LogP contribution in [0.3, 0.4) is 0 Å². The van der Waals surface area contributed by atoms with Gasteiger partial charge in [-0.15, -0.1) is 0 Å². The van der Waals surface area contributed by atoms with Crippen molar-refractivity contribution < 1.29 is 4.92 Å². The van der Waals surface area contributed by atoms with E-state index in [4.69, 9.17) is 0 Å². The van der Waals surface area contributed by atoms with Crippen LogP contribution in [0, 0.1) is 17.0 Å². The number of nitro benzene ring substituents is 1. The molecule has 0 aromatic heterocycles. The van der Waals surface area contributed by atoms with Crippen molar-refractivity contribution in [3.63, 3.8) is 0 Å². The van der Waals surface area contributed by atoms with E-state index in [1.807, 2.05) is 31.2 Å². The van der Waals surface area contributed by atoms with Gasteiger partial charge in [0.25, 0.3) is 5.69 Å². The molecular weight excluding hydrogens is 332 g/mol. The van der Waals surface area contributed by atoms with E-state index < -0.39 is 0 Å². The highest BCUT2D eigenvalue weighted by Gasteiger charge is 2.14. The second-order valence-corrected chi connectivity index (χ2v) is 5.83. The van der Waals surface area contributed by atoms with Gasteiger partial charge in [-0.25, -0.2) is 0 Å². The third-order valence-electron chi connectivity index (χ3n) is 3.41. The van der Waals surface area contributed by atoms with Crippen LogP contribution in [0.2, 0.25) is 0 Å². The number of nitrogens with zero attached hydrogens (tertiary/aromatic N) is 1. The summed E-state index contributed by atoms with van der Waals surface area (Å²) in [6, 6.07) is 12.9. The van der Waals surface area contributed by atoms with Gasteiger partial charge in [-0.1, -0.05) is 35.0 Å². The first-order valence-electron chi connectivity index (χ1n) is 6.78. The number of hydrogen-bond acceptors (Lipinski definition) is 3. The molecule has 0 bridgehead atoms. The number of benzene rings is 2. The lowest BCUT2D eigenvalue weighted by atomic mass is 10.0. The molecule has 0 saturated heterocycles. The van der Waals surface area contributed by atoms with Crippen LogP contribution < -0.4 is 5.32 Å². The standard InChI is InChI=1S/C16H17BrN2O2/c1-3-15(12-5-4-6-14(10-12)19(20)21)18-16-8-7-13(17)9-11(16)2/h4-10,15,18H,3H2,1-2H3. The van der Waals surface area contributed by atoms with Gasteiger partial charge in [0, 0.05) is 22.3 Å². The number of nitrogens with one attached hydrogen (secondary N) is 1. The van der Waals surface area contributed by atoms with Crippen molar-refractivity contribution in [3.8, 4) is 0 Å². The molecule has 4 nitrogen and oxygen atoms in total. The Balaban J connectivity index is 2.27. The third-order valence-corrected chi connectivity index (χ3v) is 3.90. The zero-order valence-electron chi connectivity index (χ0n) is 12.0. The smallest absolute Gasteiger partial charge is 0.269 e. The van der Waals surface area contributed by atoms with E-state index >= 15 is 0 Å². The molecular formula is C16H17BrN2O2. The van der Waals surface area contributed by atoms with Crippen LogP contribution in [0.5, 0.6) is 0 Å². The Hall–Kier alpha value is -1.88. The summed E-state index contributed by atoms with van der Waals surface area (Å²) in [5.74, 6) is 0. The summed E-state index contributed by atoms with van der Waals surface area (Å²) in [6.45, 7) is 4.10. The molecule has 21 heavy (non-hydrogen) atoms. The van der Waals surface area contributed by atoms with Gasteiger partial charge >= 0.3 is 0 Å². The number of nitro groups is 1. The van der Waals surface area contributed by atoms with Gasteiger partial charge < -0.3 is 5.32 Å². The zero-order valence-corrected chi connectivity index (χ0v) is 13.6. The zero-order chi connectivity index (χ0) is 15.4. The summed E-state index contributed by atoms with van der Waals surface area (Å²) in [5, 5.41) is 14.4. The second kappa shape index (κ2) is 6.72. The molecule has 110 valence electrons. The molecule has 1 unspecified atom stereocenters. The largest absolute Gasteiger partial charge is 0.378 e. The lowest BCUT2D eigenvalue weighted by Gasteiger charge is -2.20. The van der Waals surface area contributed by atoms with Crippen molar-refractivity contribution in [2.24, 2.45) is 0 Å². The van der Waals surface area contributed by atoms with Crippen LogP contribution in [0.15, 0.2) is 46.9 Å². The predicted molar refractivity (Wildman–Crippen MR) is 88.6 cm³/mol. The topological polar surface area (TPSA) is 55.2 Å². The molecule has 0 fully saturated rings. The van der Waals surface area contributed by atoms with Crippen LogP contribution >= 0.6 is 15.9 Å². The summed E-state index contributed by atoms with van der Waals surface area (Å²) in [7, 11) is 0. The van der Waals surface area contributed by atoms with Crippen LogP contribution in [0.4, 0.5) is 11.4 Å². The predicted octanol–water partition coefficient (Wildman–Crippen LogP) is 5.23. The van der Waals surface area contributed by atoms with E-state index in [0.29, 0.717) is 0 Å². The maximum Gasteiger partial charge on any atom is 0.269 e. The fourth-order valence-electron chi connectivity index (χ4n) is 2.25. The Labute approximate surface area is 132 Å². The van der Waals surface area contributed by atoms with Crippen molar-refractivity contribution in [1.82, 2.24) is 0 Å². The highest BCUT2D eigenvalue weighted by molar-refractivity contribution is 9.10. The quantitative estimate of drug-likeness (QED) is 0.594. The van der Waals surface area contributed by atoms with E-state index in [0.717, 1.165) is 27.7 Å². The summed E-state index contributed by atoms with van der Waals surface area (Å²) in [4.78, 5) is 10.5. The van der Waals surface area contributed by atoms with E-state index in [1.165, 1.54) is 6.07 Å². The Morgan fingerprint density at radius 3 is 2.67 bits per heavy atom. The molecule has 2 aromatic rings. The SMILES string of the molecule is CCC(Nc1ccc(Br)cc1C)c1cccc([N+](=O)[O-])c1. The molecule has 2 rings (SSSR count). The molecule has 0 saturated carbocycles. The summed E-state index contributed by atoms with van der Waals surface area (Å²) >= 11 is 3.45. The molecule has 2 aromatic carbocycles. The van der Waals surface area contributed by atoms with Crippen molar-refractivity contribution >= 4 is 27.3 Å². The fourth-order valence-corrected chi connectivity index (χ4v) is 2.73. The maximum atomic E-state index is 10.9. The van der Waals surface area contributed by atoms with Crippen molar-refractivity contribution in [2.45, 2.75) is 26.3 Å². The Morgan fingerprint density at radius 2 is 2.05 bits per heavy atom. The number of rotatable bonds is 5. The Bertz CT molecular complexity index is 658. The molecule has 1 N–H and O–H groups in total. The number of anilines is 1. The van der Waals surface area contributed by atoms with Crippen LogP contribution in [0.1, 0.15) is 30.5 Å². The molecule has 5 heteroatoms. The lowest BCUT2D eigenvalue weighted by molar-refractivity contribution is -0.384. The average Bonchev–Trinajstić information content (AvgIpc) is 2.46. The second-order valence-electron chi connectivity index (χ2n) is 4.92. The van der Waals surface area contributed by atoms with Crippen molar-refractivity contribution in [2.75, 3.05) is 5.32 Å². The molecule has 0 aliphatic carbocycles. The number of halogens is 1. The molecule has 0 aliphatic rings. The third kappa shape index (κ3) is 3.82. The number of non-ortho nitro benzene ring substituents is 1. The van der Waals surface area contributed by atoms with E-state index in [9.17, 15) is 10.1 Å². The molecule has 1 atom stereocenters. The summed E-state index contributed by atoms with van der Waals surface area (Å²) in [5.41, 5.74) is 3.22. The summed E-state index contributed by atoms with van der Waals surface area (Å²) in [6.07, 6.45) is 0.844. The van der Waals surface area contributed by atoms with Gasteiger partial charge in [-0.2, -0.15) is 0 Å². The van der Waals surface area contributed by atoms with Crippen molar-refractivity contribution in [3.05, 3.63) is 68.2 Å². The first-order valence-corrected chi connectivity index (χ1v) is 7.57. The lowest BCUT2D eigenvalue weighted by Crippen LogP contribution is -2.10. The Kier molecular flexibility index (Phi) is 4.96. The van der Waals surface area contributed by atoms with Gasteiger partial charge in [-0.3, -0.25) is 10.1 Å². The first kappa shape index (κ1) is 15.5. The average molecular weight is 349 g/mol. The Morgan fingerprint density at radius 1 is 1.29 bits per heavy atom. The van der Waals surface area contributed by atoms with Crippen LogP contribution in [-0.2, 0) is 0 Å². The molecule has 0 heterocycles. The molecule has 0 radical (unpaired) electrons. The molecule has 0 amide bonds. The van der Waals surface area contributed by atoms with E-state index in [-0.39, 0.29) is 16.7 Å². The van der Waals surface area contributed by atoms with E-state index in [1.54, 1.807) is 12.1 Å². The van der Waals surface area contributed by atoms with Gasteiger partial charge in [-0.05, 0) is 42.7 Å². The minimum absolute atomic E-state index is 0.0461. The first-order chi connectivity index (χ1) is 10.0. The highest BCUT2D eigenvalue weighted by atomic mass is 79.9. The van der Waals surface area contributed by atoms with Crippen LogP contribution in [0.25, 0.3) is 0 Å². The molecule has 0 aliphatic heterocycles. The van der Waals surface area contributed by atoms with Gasteiger partial charge in [0.15, 0.2) is 0 Å². The van der Waals surface area contributed by atoms with Crippen LogP contribution in [-0.4, -0.2) is 4.92 Å². The van der Waals surface area contributed by atoms with Gasteiger partial charge in [0.2, 0.25) is 0 Å². The highest BCUT2D eigenvalue weighted by Crippen LogP contribution is 2.28. The monoisotopic (exact) mass is 348 g/mol. The minimum atomic E-state index is -0.360. The number of aryl methyl sites for hydroxylation is 1. The van der Waals surface area contributed by atoms with Gasteiger partial charge in [0.05, 0.1) is 11.0 Å². The van der Waals surface area contributed by atoms with Crippen molar-refractivity contribution in [1.29, 1.82) is 0 Å². The number of hydrogen-bond donors (Lipinski definition) is 1. The molecule has 0 spiro atoms. The fraction of sp³-hybridized carbons (Fsp3) is 0.250. The summed E-state index contributed by atoms with van der Waals surface area (Å²) < 4.78 is 1.04. The minimum Gasteiger partial charge on any atom is -0.378 e. The van der Waals surface area contributed by atoms with Gasteiger partial charge in [0.1, 0.15) is 0 Å². The maximum absolute atomic E-state index is 10.9. The normalized spacial score (nSPS) is 12.0.